The Bertz CT molecular complexity index is 169. The van der Waals surface area contributed by atoms with Gasteiger partial charge in [-0.2, -0.15) is 0 Å². The standard InChI is InChI=1S/C13H28N2O/c1-4-12-6-5-8-15(9-7-12)13(10-14-2)11-16-3/h12-14H,4-11H2,1-3H3. The van der Waals surface area contributed by atoms with Gasteiger partial charge in [0.2, 0.25) is 0 Å². The van der Waals surface area contributed by atoms with E-state index in [-0.39, 0.29) is 0 Å². The summed E-state index contributed by atoms with van der Waals surface area (Å²) in [5, 5.41) is 3.27. The van der Waals surface area contributed by atoms with Crippen LogP contribution in [0.3, 0.4) is 0 Å². The monoisotopic (exact) mass is 228 g/mol. The van der Waals surface area contributed by atoms with Gasteiger partial charge in [-0.1, -0.05) is 13.3 Å². The maximum absolute atomic E-state index is 5.32. The van der Waals surface area contributed by atoms with E-state index in [0.29, 0.717) is 6.04 Å². The Labute approximate surface area is 101 Å². The summed E-state index contributed by atoms with van der Waals surface area (Å²) in [6.45, 7) is 6.68. The molecular weight excluding hydrogens is 200 g/mol. The number of hydrogen-bond acceptors (Lipinski definition) is 3. The van der Waals surface area contributed by atoms with E-state index in [2.05, 4.69) is 17.1 Å². The van der Waals surface area contributed by atoms with Crippen LogP contribution in [0.1, 0.15) is 32.6 Å². The molecule has 1 heterocycles. The van der Waals surface area contributed by atoms with Gasteiger partial charge in [-0.3, -0.25) is 4.90 Å². The molecule has 0 spiro atoms. The molecule has 0 aromatic rings. The number of rotatable bonds is 6. The summed E-state index contributed by atoms with van der Waals surface area (Å²) in [6, 6.07) is 0.547. The molecule has 1 aliphatic rings. The molecule has 1 N–H and O–H groups in total. The fourth-order valence-electron chi connectivity index (χ4n) is 2.68. The molecule has 96 valence electrons. The lowest BCUT2D eigenvalue weighted by Gasteiger charge is -2.30. The predicted molar refractivity (Wildman–Crippen MR) is 68.8 cm³/mol. The van der Waals surface area contributed by atoms with Crippen LogP contribution in [-0.4, -0.2) is 51.3 Å². The molecule has 0 bridgehead atoms. The average Bonchev–Trinajstić information content (AvgIpc) is 2.53. The van der Waals surface area contributed by atoms with Crippen molar-refractivity contribution in [2.24, 2.45) is 5.92 Å². The molecule has 1 fully saturated rings. The van der Waals surface area contributed by atoms with Gasteiger partial charge in [-0.25, -0.2) is 0 Å². The molecule has 1 saturated heterocycles. The SMILES string of the molecule is CCC1CCCN(C(CNC)COC)CC1. The third kappa shape index (κ3) is 4.40. The zero-order chi connectivity index (χ0) is 11.8. The summed E-state index contributed by atoms with van der Waals surface area (Å²) >= 11 is 0. The van der Waals surface area contributed by atoms with E-state index in [0.717, 1.165) is 19.1 Å². The Morgan fingerprint density at radius 3 is 2.81 bits per heavy atom. The summed E-state index contributed by atoms with van der Waals surface area (Å²) in [6.07, 6.45) is 5.46. The minimum absolute atomic E-state index is 0.547. The van der Waals surface area contributed by atoms with Gasteiger partial charge in [-0.05, 0) is 45.3 Å². The summed E-state index contributed by atoms with van der Waals surface area (Å²) in [5.74, 6) is 0.947. The van der Waals surface area contributed by atoms with Gasteiger partial charge in [0, 0.05) is 19.7 Å². The van der Waals surface area contributed by atoms with Crippen LogP contribution in [0.15, 0.2) is 0 Å². The molecular formula is C13H28N2O. The van der Waals surface area contributed by atoms with Crippen molar-refractivity contribution >= 4 is 0 Å². The van der Waals surface area contributed by atoms with E-state index < -0.39 is 0 Å². The maximum Gasteiger partial charge on any atom is 0.0630 e. The van der Waals surface area contributed by atoms with E-state index >= 15 is 0 Å². The number of hydrogen-bond donors (Lipinski definition) is 1. The minimum atomic E-state index is 0.547. The van der Waals surface area contributed by atoms with Crippen LogP contribution >= 0.6 is 0 Å². The molecule has 3 nitrogen and oxygen atoms in total. The Balaban J connectivity index is 2.43. The van der Waals surface area contributed by atoms with E-state index in [1.165, 1.54) is 38.8 Å². The molecule has 1 aliphatic heterocycles. The quantitative estimate of drug-likeness (QED) is 0.749. The molecule has 0 saturated carbocycles. The third-order valence-electron chi connectivity index (χ3n) is 3.77. The normalized spacial score (nSPS) is 25.3. The van der Waals surface area contributed by atoms with E-state index in [1.807, 2.05) is 7.05 Å². The first-order valence-electron chi connectivity index (χ1n) is 6.69. The smallest absolute Gasteiger partial charge is 0.0630 e. The highest BCUT2D eigenvalue weighted by Gasteiger charge is 2.21. The number of likely N-dealkylation sites (N-methyl/N-ethyl adjacent to an activating group) is 1. The second kappa shape index (κ2) is 8.04. The first-order valence-corrected chi connectivity index (χ1v) is 6.69. The average molecular weight is 228 g/mol. The summed E-state index contributed by atoms with van der Waals surface area (Å²) < 4.78 is 5.32. The Kier molecular flexibility index (Phi) is 7.01. The number of methoxy groups -OCH3 is 1. The van der Waals surface area contributed by atoms with E-state index in [9.17, 15) is 0 Å². The zero-order valence-electron chi connectivity index (χ0n) is 11.2. The van der Waals surface area contributed by atoms with Crippen molar-refractivity contribution in [1.82, 2.24) is 10.2 Å². The van der Waals surface area contributed by atoms with Gasteiger partial charge in [0.15, 0.2) is 0 Å². The van der Waals surface area contributed by atoms with Gasteiger partial charge in [0.1, 0.15) is 0 Å². The fraction of sp³-hybridized carbons (Fsp3) is 1.00. The second-order valence-corrected chi connectivity index (χ2v) is 4.91. The lowest BCUT2D eigenvalue weighted by Crippen LogP contribution is -2.45. The summed E-state index contributed by atoms with van der Waals surface area (Å²) in [7, 11) is 3.82. The molecule has 0 radical (unpaired) electrons. The van der Waals surface area contributed by atoms with Crippen molar-refractivity contribution in [3.63, 3.8) is 0 Å². The van der Waals surface area contributed by atoms with Gasteiger partial charge in [-0.15, -0.1) is 0 Å². The maximum atomic E-state index is 5.32. The van der Waals surface area contributed by atoms with E-state index in [1.54, 1.807) is 7.11 Å². The number of ether oxygens (including phenoxy) is 1. The van der Waals surface area contributed by atoms with Gasteiger partial charge in [0.05, 0.1) is 6.61 Å². The largest absolute Gasteiger partial charge is 0.383 e. The first-order chi connectivity index (χ1) is 7.81. The van der Waals surface area contributed by atoms with Crippen LogP contribution in [0, 0.1) is 5.92 Å². The molecule has 3 heteroatoms. The second-order valence-electron chi connectivity index (χ2n) is 4.91. The summed E-state index contributed by atoms with van der Waals surface area (Å²) in [4.78, 5) is 2.61. The molecule has 0 aromatic heterocycles. The van der Waals surface area contributed by atoms with Gasteiger partial charge < -0.3 is 10.1 Å². The van der Waals surface area contributed by atoms with Crippen molar-refractivity contribution in [3.8, 4) is 0 Å². The fourth-order valence-corrected chi connectivity index (χ4v) is 2.68. The van der Waals surface area contributed by atoms with Crippen molar-refractivity contribution in [1.29, 1.82) is 0 Å². The van der Waals surface area contributed by atoms with Crippen LogP contribution < -0.4 is 5.32 Å². The third-order valence-corrected chi connectivity index (χ3v) is 3.77. The van der Waals surface area contributed by atoms with Crippen molar-refractivity contribution in [3.05, 3.63) is 0 Å². The van der Waals surface area contributed by atoms with Crippen LogP contribution in [-0.2, 0) is 4.74 Å². The summed E-state index contributed by atoms with van der Waals surface area (Å²) in [5.41, 5.74) is 0. The molecule has 2 unspecified atom stereocenters. The molecule has 0 amide bonds. The molecule has 0 aliphatic carbocycles. The predicted octanol–water partition coefficient (Wildman–Crippen LogP) is 1.73. The first kappa shape index (κ1) is 13.9. The Morgan fingerprint density at radius 2 is 2.19 bits per heavy atom. The van der Waals surface area contributed by atoms with Crippen LogP contribution in [0.4, 0.5) is 0 Å². The highest BCUT2D eigenvalue weighted by Crippen LogP contribution is 2.21. The van der Waals surface area contributed by atoms with Crippen LogP contribution in [0.2, 0.25) is 0 Å². The molecule has 0 aromatic carbocycles. The topological polar surface area (TPSA) is 24.5 Å². The van der Waals surface area contributed by atoms with Crippen LogP contribution in [0.25, 0.3) is 0 Å². The van der Waals surface area contributed by atoms with Crippen molar-refractivity contribution < 1.29 is 4.74 Å². The number of nitrogens with one attached hydrogen (secondary N) is 1. The Morgan fingerprint density at radius 1 is 1.38 bits per heavy atom. The van der Waals surface area contributed by atoms with Crippen molar-refractivity contribution in [2.75, 3.05) is 40.4 Å². The Hall–Kier alpha value is -0.120. The van der Waals surface area contributed by atoms with Gasteiger partial charge >= 0.3 is 0 Å². The molecule has 1 rings (SSSR count). The van der Waals surface area contributed by atoms with Crippen LogP contribution in [0.5, 0.6) is 0 Å². The lowest BCUT2D eigenvalue weighted by atomic mass is 9.98. The number of likely N-dealkylation sites (tertiary alicyclic amines) is 1. The van der Waals surface area contributed by atoms with E-state index in [4.69, 9.17) is 4.74 Å². The highest BCUT2D eigenvalue weighted by atomic mass is 16.5. The molecule has 16 heavy (non-hydrogen) atoms. The molecule has 2 atom stereocenters. The lowest BCUT2D eigenvalue weighted by molar-refractivity contribution is 0.0916. The minimum Gasteiger partial charge on any atom is -0.383 e. The van der Waals surface area contributed by atoms with Gasteiger partial charge in [0.25, 0.3) is 0 Å². The zero-order valence-corrected chi connectivity index (χ0v) is 11.2. The van der Waals surface area contributed by atoms with Crippen molar-refractivity contribution in [2.45, 2.75) is 38.6 Å². The number of nitrogens with zero attached hydrogens (tertiary/aromatic N) is 1. The highest BCUT2D eigenvalue weighted by molar-refractivity contribution is 4.77.